The third kappa shape index (κ3) is 2.53. The Labute approximate surface area is 135 Å². The van der Waals surface area contributed by atoms with Gasteiger partial charge in [-0.15, -0.1) is 0 Å². The first-order valence-electron chi connectivity index (χ1n) is 8.08. The van der Waals surface area contributed by atoms with E-state index in [0.29, 0.717) is 0 Å². The number of hydrogen-bond donors (Lipinski definition) is 0. The van der Waals surface area contributed by atoms with E-state index in [2.05, 4.69) is 15.0 Å². The van der Waals surface area contributed by atoms with Crippen molar-refractivity contribution in [1.82, 2.24) is 19.7 Å². The predicted molar refractivity (Wildman–Crippen MR) is 86.7 cm³/mol. The quantitative estimate of drug-likeness (QED) is 0.861. The molecule has 23 heavy (non-hydrogen) atoms. The highest BCUT2D eigenvalue weighted by atomic mass is 16.2. The Morgan fingerprint density at radius 1 is 1.22 bits per heavy atom. The van der Waals surface area contributed by atoms with Crippen molar-refractivity contribution in [1.29, 1.82) is 0 Å². The van der Waals surface area contributed by atoms with Crippen LogP contribution in [0.25, 0.3) is 0 Å². The van der Waals surface area contributed by atoms with Crippen LogP contribution in [0.4, 0.5) is 5.69 Å². The first-order valence-corrected chi connectivity index (χ1v) is 8.08. The van der Waals surface area contributed by atoms with Gasteiger partial charge >= 0.3 is 0 Å². The monoisotopic (exact) mass is 311 g/mol. The van der Waals surface area contributed by atoms with Crippen LogP contribution in [0.15, 0.2) is 36.9 Å². The molecule has 1 atom stereocenters. The lowest BCUT2D eigenvalue weighted by molar-refractivity contribution is -0.125. The van der Waals surface area contributed by atoms with Gasteiger partial charge in [0.15, 0.2) is 0 Å². The van der Waals surface area contributed by atoms with Gasteiger partial charge in [0, 0.05) is 45.3 Å². The van der Waals surface area contributed by atoms with Crippen LogP contribution in [0.2, 0.25) is 0 Å². The Morgan fingerprint density at radius 2 is 2.00 bits per heavy atom. The first kappa shape index (κ1) is 14.4. The lowest BCUT2D eigenvalue weighted by Crippen LogP contribution is -2.36. The maximum atomic E-state index is 13.0. The summed E-state index contributed by atoms with van der Waals surface area (Å²) >= 11 is 0. The summed E-state index contributed by atoms with van der Waals surface area (Å²) in [5.74, 6) is 0.266. The van der Waals surface area contributed by atoms with Gasteiger partial charge in [-0.25, -0.2) is 0 Å². The third-order valence-corrected chi connectivity index (χ3v) is 5.10. The summed E-state index contributed by atoms with van der Waals surface area (Å²) in [6.07, 6.45) is 9.24. The topological polar surface area (TPSA) is 54.3 Å². The van der Waals surface area contributed by atoms with E-state index in [4.69, 9.17) is 0 Å². The number of amides is 1. The van der Waals surface area contributed by atoms with E-state index in [1.165, 1.54) is 5.56 Å². The minimum atomic E-state index is -0.205. The van der Waals surface area contributed by atoms with Gasteiger partial charge in [-0.3, -0.25) is 19.4 Å². The van der Waals surface area contributed by atoms with Gasteiger partial charge in [0.05, 0.1) is 17.3 Å². The van der Waals surface area contributed by atoms with E-state index in [9.17, 15) is 4.79 Å². The molecule has 0 aromatic carbocycles. The average molecular weight is 311 g/mol. The molecule has 0 saturated carbocycles. The van der Waals surface area contributed by atoms with E-state index in [1.807, 2.05) is 42.7 Å². The highest BCUT2D eigenvalue weighted by Crippen LogP contribution is 2.42. The molecule has 0 bridgehead atoms. The van der Waals surface area contributed by atoms with Crippen LogP contribution >= 0.6 is 0 Å². The van der Waals surface area contributed by atoms with Gasteiger partial charge in [0.2, 0.25) is 5.91 Å². The molecule has 4 heterocycles. The van der Waals surface area contributed by atoms with Gasteiger partial charge in [0.25, 0.3) is 0 Å². The zero-order chi connectivity index (χ0) is 15.9. The number of likely N-dealkylation sites (tertiary alicyclic amines) is 1. The van der Waals surface area contributed by atoms with Crippen molar-refractivity contribution in [3.8, 4) is 0 Å². The standard InChI is InChI=1S/C17H21N5O/c1-20-12-15(10-19-20)22-9-5-17(16(22)23)4-8-21(13-17)11-14-2-6-18-7-3-14/h2-3,6-7,10,12H,4-5,8-9,11,13H2,1H3/t17-/m0/s1. The maximum absolute atomic E-state index is 13.0. The fourth-order valence-electron chi connectivity index (χ4n) is 3.83. The lowest BCUT2D eigenvalue weighted by atomic mass is 9.85. The molecule has 1 spiro atoms. The van der Waals surface area contributed by atoms with Crippen LogP contribution in [-0.2, 0) is 18.4 Å². The number of aromatic nitrogens is 3. The van der Waals surface area contributed by atoms with E-state index < -0.39 is 0 Å². The van der Waals surface area contributed by atoms with Crippen molar-refractivity contribution >= 4 is 11.6 Å². The fraction of sp³-hybridized carbons (Fsp3) is 0.471. The number of pyridine rings is 1. The number of hydrogen-bond acceptors (Lipinski definition) is 4. The molecule has 6 heteroatoms. The molecular formula is C17H21N5O. The van der Waals surface area contributed by atoms with Crippen molar-refractivity contribution in [3.05, 3.63) is 42.5 Å². The number of rotatable bonds is 3. The summed E-state index contributed by atoms with van der Waals surface area (Å²) < 4.78 is 1.75. The highest BCUT2D eigenvalue weighted by molar-refractivity contribution is 6.00. The smallest absolute Gasteiger partial charge is 0.234 e. The van der Waals surface area contributed by atoms with Crippen molar-refractivity contribution in [2.75, 3.05) is 24.5 Å². The molecule has 2 aliphatic rings. The zero-order valence-electron chi connectivity index (χ0n) is 13.4. The SMILES string of the molecule is Cn1cc(N2CC[C@]3(CCN(Cc4ccncc4)C3)C2=O)cn1. The van der Waals surface area contributed by atoms with Crippen LogP contribution in [-0.4, -0.2) is 45.2 Å². The fourth-order valence-corrected chi connectivity index (χ4v) is 3.83. The van der Waals surface area contributed by atoms with Gasteiger partial charge < -0.3 is 4.90 Å². The van der Waals surface area contributed by atoms with Gasteiger partial charge in [-0.2, -0.15) is 5.10 Å². The highest BCUT2D eigenvalue weighted by Gasteiger charge is 2.51. The average Bonchev–Trinajstić information content (AvgIpc) is 3.23. The second kappa shape index (κ2) is 5.45. The molecule has 2 aromatic rings. The van der Waals surface area contributed by atoms with Crippen molar-refractivity contribution in [3.63, 3.8) is 0 Å². The predicted octanol–water partition coefficient (Wildman–Crippen LogP) is 1.44. The minimum absolute atomic E-state index is 0.205. The molecule has 6 nitrogen and oxygen atoms in total. The van der Waals surface area contributed by atoms with Crippen molar-refractivity contribution < 1.29 is 4.79 Å². The van der Waals surface area contributed by atoms with Crippen molar-refractivity contribution in [2.24, 2.45) is 12.5 Å². The van der Waals surface area contributed by atoms with E-state index >= 15 is 0 Å². The molecule has 0 radical (unpaired) electrons. The number of carbonyl (C=O) groups is 1. The molecule has 2 aromatic heterocycles. The van der Waals surface area contributed by atoms with Crippen LogP contribution in [0, 0.1) is 5.41 Å². The number of aryl methyl sites for hydroxylation is 1. The molecule has 120 valence electrons. The maximum Gasteiger partial charge on any atom is 0.234 e. The molecule has 0 unspecified atom stereocenters. The van der Waals surface area contributed by atoms with Gasteiger partial charge in [0.1, 0.15) is 0 Å². The lowest BCUT2D eigenvalue weighted by Gasteiger charge is -2.23. The molecule has 2 saturated heterocycles. The number of anilines is 1. The van der Waals surface area contributed by atoms with E-state index in [1.54, 1.807) is 10.9 Å². The Kier molecular flexibility index (Phi) is 3.41. The second-order valence-corrected chi connectivity index (χ2v) is 6.68. The van der Waals surface area contributed by atoms with Crippen LogP contribution in [0.5, 0.6) is 0 Å². The Morgan fingerprint density at radius 3 is 2.74 bits per heavy atom. The number of carbonyl (C=O) groups excluding carboxylic acids is 1. The van der Waals surface area contributed by atoms with Crippen LogP contribution in [0.1, 0.15) is 18.4 Å². The Bertz CT molecular complexity index is 713. The zero-order valence-corrected chi connectivity index (χ0v) is 13.4. The van der Waals surface area contributed by atoms with E-state index in [-0.39, 0.29) is 11.3 Å². The normalized spacial score (nSPS) is 24.9. The van der Waals surface area contributed by atoms with Crippen LogP contribution in [0.3, 0.4) is 0 Å². The molecule has 2 aliphatic heterocycles. The molecule has 1 amide bonds. The first-order chi connectivity index (χ1) is 11.2. The summed E-state index contributed by atoms with van der Waals surface area (Å²) in [4.78, 5) is 21.3. The minimum Gasteiger partial charge on any atom is -0.309 e. The summed E-state index contributed by atoms with van der Waals surface area (Å²) in [5.41, 5.74) is 1.97. The molecule has 2 fully saturated rings. The van der Waals surface area contributed by atoms with Crippen molar-refractivity contribution in [2.45, 2.75) is 19.4 Å². The summed E-state index contributed by atoms with van der Waals surface area (Å²) in [7, 11) is 1.88. The van der Waals surface area contributed by atoms with E-state index in [0.717, 1.165) is 44.7 Å². The molecule has 4 rings (SSSR count). The molecule has 0 aliphatic carbocycles. The summed E-state index contributed by atoms with van der Waals surface area (Å²) in [6.45, 7) is 3.53. The summed E-state index contributed by atoms with van der Waals surface area (Å²) in [5, 5.41) is 4.19. The van der Waals surface area contributed by atoms with Gasteiger partial charge in [-0.05, 0) is 37.1 Å². The largest absolute Gasteiger partial charge is 0.309 e. The van der Waals surface area contributed by atoms with Gasteiger partial charge in [-0.1, -0.05) is 0 Å². The second-order valence-electron chi connectivity index (χ2n) is 6.68. The van der Waals surface area contributed by atoms with Crippen LogP contribution < -0.4 is 4.90 Å². The molecular weight excluding hydrogens is 290 g/mol. The third-order valence-electron chi connectivity index (χ3n) is 5.10. The number of nitrogens with zero attached hydrogens (tertiary/aromatic N) is 5. The Hall–Kier alpha value is -2.21. The Balaban J connectivity index is 1.47. The molecule has 0 N–H and O–H groups in total. The summed E-state index contributed by atoms with van der Waals surface area (Å²) in [6, 6.07) is 4.09.